The Morgan fingerprint density at radius 3 is 2.29 bits per heavy atom. The quantitative estimate of drug-likeness (QED) is 0.319. The Kier molecular flexibility index (Phi) is 6.60. The Hall–Kier alpha value is -1.64. The predicted octanol–water partition coefficient (Wildman–Crippen LogP) is 3.38. The van der Waals surface area contributed by atoms with Gasteiger partial charge in [0.25, 0.3) is 0 Å². The summed E-state index contributed by atoms with van der Waals surface area (Å²) in [4.78, 5) is 0. The predicted molar refractivity (Wildman–Crippen MR) is 87.1 cm³/mol. The molecule has 0 atom stereocenters. The number of benzene rings is 1. The lowest BCUT2D eigenvalue weighted by molar-refractivity contribution is 0.0216. The van der Waals surface area contributed by atoms with Gasteiger partial charge in [-0.2, -0.15) is 0 Å². The summed E-state index contributed by atoms with van der Waals surface area (Å²) in [5, 5.41) is 0. The van der Waals surface area contributed by atoms with Crippen LogP contribution < -0.4 is 14.2 Å². The van der Waals surface area contributed by atoms with Gasteiger partial charge in [-0.3, -0.25) is 0 Å². The molecule has 0 aliphatic heterocycles. The number of hydrogen-bond acceptors (Lipinski definition) is 4. The fourth-order valence-electron chi connectivity index (χ4n) is 1.64. The van der Waals surface area contributed by atoms with Gasteiger partial charge in [0.05, 0.1) is 14.2 Å². The summed E-state index contributed by atoms with van der Waals surface area (Å²) >= 11 is 0. The van der Waals surface area contributed by atoms with Crippen molar-refractivity contribution < 1.29 is 18.9 Å². The fraction of sp³-hybridized carbons (Fsp3) is 0.500. The zero-order chi connectivity index (χ0) is 15.9. The summed E-state index contributed by atoms with van der Waals surface area (Å²) in [6, 6.07) is 4.56. The lowest BCUT2D eigenvalue weighted by Crippen LogP contribution is -2.22. The molecular weight excluding hydrogens is 284 g/mol. The Morgan fingerprint density at radius 2 is 1.76 bits per heavy atom. The van der Waals surface area contributed by atoms with Crippen molar-refractivity contribution in [2.75, 3.05) is 27.6 Å². The van der Waals surface area contributed by atoms with Crippen LogP contribution in [-0.2, 0) is 4.74 Å². The molecular formula is C16H24O4Si. The van der Waals surface area contributed by atoms with Gasteiger partial charge in [-0.1, -0.05) is 25.6 Å². The first-order valence-electron chi connectivity index (χ1n) is 6.84. The number of methoxy groups -OCH3 is 2. The second-order valence-corrected chi connectivity index (χ2v) is 11.4. The average molecular weight is 308 g/mol. The maximum atomic E-state index is 5.62. The summed E-state index contributed by atoms with van der Waals surface area (Å²) < 4.78 is 21.6. The average Bonchev–Trinajstić information content (AvgIpc) is 2.44. The minimum absolute atomic E-state index is 0.162. The zero-order valence-electron chi connectivity index (χ0n) is 13.5. The SMILES string of the molecule is C#Cc1c(OC)cc(OC)cc1OCOCC[Si](C)(C)C. The lowest BCUT2D eigenvalue weighted by Gasteiger charge is -2.16. The largest absolute Gasteiger partial charge is 0.496 e. The van der Waals surface area contributed by atoms with Crippen LogP contribution in [0.1, 0.15) is 5.56 Å². The van der Waals surface area contributed by atoms with Crippen LogP contribution in [0.3, 0.4) is 0 Å². The monoisotopic (exact) mass is 308 g/mol. The van der Waals surface area contributed by atoms with E-state index in [1.807, 2.05) is 0 Å². The Labute approximate surface area is 128 Å². The maximum absolute atomic E-state index is 5.62. The van der Waals surface area contributed by atoms with Crippen LogP contribution in [0.4, 0.5) is 0 Å². The van der Waals surface area contributed by atoms with Gasteiger partial charge in [-0.25, -0.2) is 0 Å². The van der Waals surface area contributed by atoms with Crippen molar-refractivity contribution in [2.24, 2.45) is 0 Å². The molecule has 4 nitrogen and oxygen atoms in total. The summed E-state index contributed by atoms with van der Waals surface area (Å²) in [7, 11) is 2.05. The third-order valence-corrected chi connectivity index (χ3v) is 4.64. The number of rotatable bonds is 8. The second-order valence-electron chi connectivity index (χ2n) is 5.83. The molecule has 0 aliphatic carbocycles. The number of hydrogen-bond donors (Lipinski definition) is 0. The molecule has 0 fully saturated rings. The van der Waals surface area contributed by atoms with Crippen molar-refractivity contribution in [1.29, 1.82) is 0 Å². The van der Waals surface area contributed by atoms with Crippen molar-refractivity contribution >= 4 is 8.07 Å². The highest BCUT2D eigenvalue weighted by atomic mass is 28.3. The van der Waals surface area contributed by atoms with Gasteiger partial charge >= 0.3 is 0 Å². The van der Waals surface area contributed by atoms with Crippen LogP contribution in [0.2, 0.25) is 25.7 Å². The molecule has 116 valence electrons. The van der Waals surface area contributed by atoms with E-state index in [1.165, 1.54) is 0 Å². The van der Waals surface area contributed by atoms with Gasteiger partial charge in [0.2, 0.25) is 0 Å². The van der Waals surface area contributed by atoms with Crippen LogP contribution in [-0.4, -0.2) is 35.7 Å². The van der Waals surface area contributed by atoms with Gasteiger partial charge in [0, 0.05) is 26.8 Å². The summed E-state index contributed by atoms with van der Waals surface area (Å²) in [5.74, 6) is 4.28. The van der Waals surface area contributed by atoms with E-state index < -0.39 is 8.07 Å². The van der Waals surface area contributed by atoms with Crippen molar-refractivity contribution in [3.8, 4) is 29.6 Å². The Balaban J connectivity index is 2.67. The van der Waals surface area contributed by atoms with Crippen molar-refractivity contribution in [3.63, 3.8) is 0 Å². The molecule has 21 heavy (non-hydrogen) atoms. The van der Waals surface area contributed by atoms with Gasteiger partial charge < -0.3 is 18.9 Å². The highest BCUT2D eigenvalue weighted by Crippen LogP contribution is 2.33. The molecule has 1 rings (SSSR count). The Morgan fingerprint density at radius 1 is 1.10 bits per heavy atom. The van der Waals surface area contributed by atoms with Crippen molar-refractivity contribution in [1.82, 2.24) is 0 Å². The van der Waals surface area contributed by atoms with E-state index in [4.69, 9.17) is 25.4 Å². The van der Waals surface area contributed by atoms with Crippen LogP contribution in [0.25, 0.3) is 0 Å². The standard InChI is InChI=1S/C16H24O4Si/c1-7-14-15(18-3)10-13(17-2)11-16(14)20-12-19-8-9-21(4,5)6/h1,10-11H,8-9,12H2,2-6H3. The minimum atomic E-state index is -1.09. The molecule has 0 aliphatic rings. The zero-order valence-corrected chi connectivity index (χ0v) is 14.5. The highest BCUT2D eigenvalue weighted by molar-refractivity contribution is 6.76. The number of terminal acetylenes is 1. The van der Waals surface area contributed by atoms with E-state index in [9.17, 15) is 0 Å². The molecule has 0 radical (unpaired) electrons. The number of ether oxygens (including phenoxy) is 4. The lowest BCUT2D eigenvalue weighted by atomic mass is 10.1. The molecule has 0 aromatic heterocycles. The third kappa shape index (κ3) is 5.70. The van der Waals surface area contributed by atoms with Crippen molar-refractivity contribution in [2.45, 2.75) is 25.7 Å². The molecule has 0 heterocycles. The van der Waals surface area contributed by atoms with Gasteiger partial charge in [0.15, 0.2) is 6.79 Å². The molecule has 1 aromatic carbocycles. The molecule has 0 N–H and O–H groups in total. The molecule has 0 amide bonds. The van der Waals surface area contributed by atoms with Gasteiger partial charge in [-0.05, 0) is 6.04 Å². The first-order chi connectivity index (χ1) is 9.91. The van der Waals surface area contributed by atoms with E-state index in [0.717, 1.165) is 6.04 Å². The van der Waals surface area contributed by atoms with E-state index in [0.29, 0.717) is 29.4 Å². The molecule has 0 saturated heterocycles. The molecule has 0 unspecified atom stereocenters. The van der Waals surface area contributed by atoms with Gasteiger partial charge in [-0.15, -0.1) is 6.42 Å². The van der Waals surface area contributed by atoms with Crippen LogP contribution >= 0.6 is 0 Å². The van der Waals surface area contributed by atoms with E-state index in [1.54, 1.807) is 26.4 Å². The van der Waals surface area contributed by atoms with Crippen LogP contribution in [0.15, 0.2) is 12.1 Å². The smallest absolute Gasteiger partial charge is 0.189 e. The summed E-state index contributed by atoms with van der Waals surface area (Å²) in [6.07, 6.45) is 5.52. The summed E-state index contributed by atoms with van der Waals surface area (Å²) in [5.41, 5.74) is 0.562. The maximum Gasteiger partial charge on any atom is 0.189 e. The molecule has 5 heteroatoms. The topological polar surface area (TPSA) is 36.9 Å². The van der Waals surface area contributed by atoms with Crippen LogP contribution in [0, 0.1) is 12.3 Å². The molecule has 0 saturated carbocycles. The highest BCUT2D eigenvalue weighted by Gasteiger charge is 2.13. The third-order valence-electron chi connectivity index (χ3n) is 2.93. The molecule has 0 bridgehead atoms. The van der Waals surface area contributed by atoms with E-state index in [-0.39, 0.29) is 6.79 Å². The molecule has 1 aromatic rings. The van der Waals surface area contributed by atoms with Gasteiger partial charge in [0.1, 0.15) is 22.8 Å². The van der Waals surface area contributed by atoms with Crippen LogP contribution in [0.5, 0.6) is 17.2 Å². The van der Waals surface area contributed by atoms with E-state index >= 15 is 0 Å². The normalized spacial score (nSPS) is 10.9. The first kappa shape index (κ1) is 17.4. The first-order valence-corrected chi connectivity index (χ1v) is 10.5. The Bertz CT molecular complexity index is 500. The fourth-order valence-corrected chi connectivity index (χ4v) is 2.40. The minimum Gasteiger partial charge on any atom is -0.496 e. The second kappa shape index (κ2) is 7.96. The van der Waals surface area contributed by atoms with E-state index in [2.05, 4.69) is 25.6 Å². The summed E-state index contributed by atoms with van der Waals surface area (Å²) in [6.45, 7) is 7.78. The molecule has 0 spiro atoms. The van der Waals surface area contributed by atoms with Crippen molar-refractivity contribution in [3.05, 3.63) is 17.7 Å².